The number of aromatic carboxylic acids is 1. The Morgan fingerprint density at radius 3 is 2.23 bits per heavy atom. The summed E-state index contributed by atoms with van der Waals surface area (Å²) in [4.78, 5) is 78.0. The predicted octanol–water partition coefficient (Wildman–Crippen LogP) is 0.758. The lowest BCUT2D eigenvalue weighted by Gasteiger charge is -2.48. The fraction of sp³-hybridized carbons (Fsp3) is 0.357. The lowest BCUT2D eigenvalue weighted by Crippen LogP contribution is -2.68. The highest BCUT2D eigenvalue weighted by Crippen LogP contribution is 2.52. The molecule has 0 radical (unpaired) electrons. The number of benzene rings is 2. The molecule has 3 aliphatic rings. The van der Waals surface area contributed by atoms with Crippen molar-refractivity contribution < 1.29 is 44.1 Å². The van der Waals surface area contributed by atoms with Gasteiger partial charge in [0.1, 0.15) is 5.75 Å². The molecule has 202 valence electrons. The summed E-state index contributed by atoms with van der Waals surface area (Å²) in [5.41, 5.74) is 4.14. The van der Waals surface area contributed by atoms with Crippen LogP contribution in [0.2, 0.25) is 0 Å². The van der Waals surface area contributed by atoms with Crippen molar-refractivity contribution in [2.45, 2.75) is 24.9 Å². The molecular formula is C28H26N2O9. The van der Waals surface area contributed by atoms with E-state index in [-0.39, 0.29) is 29.5 Å². The van der Waals surface area contributed by atoms with E-state index in [1.54, 1.807) is 25.1 Å². The van der Waals surface area contributed by atoms with E-state index in [1.165, 1.54) is 24.3 Å². The molecule has 3 aliphatic carbocycles. The van der Waals surface area contributed by atoms with Gasteiger partial charge in [-0.2, -0.15) is 0 Å². The number of aliphatic hydroxyl groups is 1. The molecule has 39 heavy (non-hydrogen) atoms. The number of aromatic hydroxyl groups is 1. The molecule has 0 aromatic heterocycles. The molecule has 1 amide bonds. The number of primary amides is 1. The van der Waals surface area contributed by atoms with E-state index in [2.05, 4.69) is 0 Å². The first kappa shape index (κ1) is 26.2. The Hall–Kier alpha value is -4.38. The maximum Gasteiger partial charge on any atom is 0.335 e. The number of phenolic OH excluding ortho intramolecular Hbond substituents is 1. The second-order valence-corrected chi connectivity index (χ2v) is 10.7. The van der Waals surface area contributed by atoms with E-state index >= 15 is 0 Å². The lowest BCUT2D eigenvalue weighted by molar-refractivity contribution is -0.175. The van der Waals surface area contributed by atoms with Crippen LogP contribution in [0.15, 0.2) is 30.3 Å². The van der Waals surface area contributed by atoms with Crippen molar-refractivity contribution in [3.8, 4) is 16.9 Å². The number of ketones is 4. The number of Topliss-reactive ketones (excluding diaryl/α,β-unsaturated/α-hetero) is 4. The summed E-state index contributed by atoms with van der Waals surface area (Å²) < 4.78 is 0. The average molecular weight is 535 g/mol. The summed E-state index contributed by atoms with van der Waals surface area (Å²) in [6.45, 7) is 0. The Morgan fingerprint density at radius 2 is 1.67 bits per heavy atom. The zero-order valence-corrected chi connectivity index (χ0v) is 21.1. The van der Waals surface area contributed by atoms with Crippen LogP contribution in [0.25, 0.3) is 11.1 Å². The lowest BCUT2D eigenvalue weighted by atomic mass is 9.53. The zero-order valence-electron chi connectivity index (χ0n) is 21.1. The van der Waals surface area contributed by atoms with Crippen molar-refractivity contribution in [1.82, 2.24) is 0 Å². The number of hydrogen-bond donors (Lipinski definition) is 4. The molecule has 2 unspecified atom stereocenters. The molecular weight excluding hydrogens is 508 g/mol. The molecule has 2 aromatic carbocycles. The van der Waals surface area contributed by atoms with Gasteiger partial charge >= 0.3 is 5.97 Å². The number of hydrogen-bond acceptors (Lipinski definition) is 9. The number of carbonyl (C=O) groups excluding carboxylic acids is 5. The number of carbonyl (C=O) groups is 6. The van der Waals surface area contributed by atoms with E-state index in [0.717, 1.165) is 0 Å². The molecule has 2 saturated carbocycles. The topological polar surface area (TPSA) is 192 Å². The van der Waals surface area contributed by atoms with Gasteiger partial charge in [-0.1, -0.05) is 12.1 Å². The number of carboxylic acid groups (broad SMARTS) is 1. The van der Waals surface area contributed by atoms with Crippen LogP contribution in [-0.4, -0.2) is 70.0 Å². The van der Waals surface area contributed by atoms with Crippen molar-refractivity contribution >= 4 is 40.7 Å². The first-order valence-corrected chi connectivity index (χ1v) is 12.4. The number of carboxylic acids is 1. The minimum atomic E-state index is -2.72. The van der Waals surface area contributed by atoms with E-state index in [1.807, 2.05) is 0 Å². The number of rotatable bonds is 4. The maximum atomic E-state index is 13.9. The summed E-state index contributed by atoms with van der Waals surface area (Å²) in [6, 6.07) is 7.36. The quantitative estimate of drug-likeness (QED) is 0.407. The van der Waals surface area contributed by atoms with E-state index < -0.39 is 76.5 Å². The standard InChI is InChI=1S/C28H26N2O9/c1-30(2)17-10-15(11-3-5-12(6-4-11)27(37)38)22(32)20-16(17)8-13-7-14-9-18(31)21(26(29)36)25(35)28(14,39)24(34)19(13)23(20)33/h3-6,10,13-14,19,21,32,39H,7-9H2,1-2H3,(H2,29,36)(H,37,38)/t13-,14+,19?,21?,28+/m1/s1. The first-order chi connectivity index (χ1) is 18.3. The summed E-state index contributed by atoms with van der Waals surface area (Å²) in [5, 5.41) is 31.9. The van der Waals surface area contributed by atoms with Crippen molar-refractivity contribution in [2.75, 3.05) is 19.0 Å². The highest BCUT2D eigenvalue weighted by atomic mass is 16.4. The Bertz CT molecular complexity index is 1490. The molecule has 0 aliphatic heterocycles. The number of anilines is 1. The predicted molar refractivity (Wildman–Crippen MR) is 135 cm³/mol. The van der Waals surface area contributed by atoms with E-state index in [4.69, 9.17) is 5.73 Å². The number of nitrogens with zero attached hydrogens (tertiary/aromatic N) is 1. The highest BCUT2D eigenvalue weighted by molar-refractivity contribution is 6.31. The molecule has 0 spiro atoms. The van der Waals surface area contributed by atoms with E-state index in [9.17, 15) is 44.1 Å². The third kappa shape index (κ3) is 3.68. The minimum Gasteiger partial charge on any atom is -0.507 e. The van der Waals surface area contributed by atoms with Gasteiger partial charge in [-0.25, -0.2) is 4.79 Å². The van der Waals surface area contributed by atoms with E-state index in [0.29, 0.717) is 16.8 Å². The number of nitrogens with two attached hydrogens (primary N) is 1. The monoisotopic (exact) mass is 534 g/mol. The molecule has 11 heteroatoms. The van der Waals surface area contributed by atoms with Crippen LogP contribution in [0.3, 0.4) is 0 Å². The summed E-state index contributed by atoms with van der Waals surface area (Å²) >= 11 is 0. The molecule has 0 heterocycles. The largest absolute Gasteiger partial charge is 0.507 e. The van der Waals surface area contributed by atoms with Crippen molar-refractivity contribution in [2.24, 2.45) is 29.4 Å². The van der Waals surface area contributed by atoms with Crippen LogP contribution >= 0.6 is 0 Å². The molecule has 5 N–H and O–H groups in total. The van der Waals surface area contributed by atoms with Gasteiger partial charge in [0, 0.05) is 37.7 Å². The molecule has 0 bridgehead atoms. The zero-order chi connectivity index (χ0) is 28.5. The fourth-order valence-electron chi connectivity index (χ4n) is 6.43. The SMILES string of the molecule is CN(C)c1cc(-c2ccc(C(=O)O)cc2)c(O)c2c1C[C@H]1C[C@H]3CC(=O)C(C(N)=O)C(=O)[C@@]3(O)C(=O)C1C2=O. The van der Waals surface area contributed by atoms with Crippen molar-refractivity contribution in [1.29, 1.82) is 0 Å². The van der Waals surface area contributed by atoms with Gasteiger partial charge in [-0.3, -0.25) is 24.0 Å². The smallest absolute Gasteiger partial charge is 0.335 e. The summed E-state index contributed by atoms with van der Waals surface area (Å²) in [5.74, 6) is -11.9. The Morgan fingerprint density at radius 1 is 1.03 bits per heavy atom. The van der Waals surface area contributed by atoms with Gasteiger partial charge in [0.05, 0.1) is 17.0 Å². The fourth-order valence-corrected chi connectivity index (χ4v) is 6.43. The van der Waals surface area contributed by atoms with Gasteiger partial charge in [-0.05, 0) is 48.1 Å². The van der Waals surface area contributed by atoms with Crippen molar-refractivity contribution in [3.05, 3.63) is 47.0 Å². The van der Waals surface area contributed by atoms with Gasteiger partial charge in [0.2, 0.25) is 5.91 Å². The van der Waals surface area contributed by atoms with Crippen LogP contribution in [-0.2, 0) is 25.6 Å². The minimum absolute atomic E-state index is 0.00702. The molecule has 2 fully saturated rings. The van der Waals surface area contributed by atoms with Crippen LogP contribution in [0, 0.1) is 23.7 Å². The second-order valence-electron chi connectivity index (χ2n) is 10.7. The first-order valence-electron chi connectivity index (χ1n) is 12.4. The average Bonchev–Trinajstić information content (AvgIpc) is 2.86. The number of amides is 1. The Labute approximate surface area is 222 Å². The van der Waals surface area contributed by atoms with Crippen LogP contribution in [0.5, 0.6) is 5.75 Å². The third-order valence-electron chi connectivity index (χ3n) is 8.30. The Balaban J connectivity index is 1.64. The molecule has 5 rings (SSSR count). The Kier molecular flexibility index (Phi) is 5.95. The second kappa shape index (κ2) is 8.84. The normalized spacial score (nSPS) is 27.9. The summed E-state index contributed by atoms with van der Waals surface area (Å²) in [7, 11) is 3.49. The molecule has 5 atom stereocenters. The third-order valence-corrected chi connectivity index (χ3v) is 8.30. The molecule has 0 saturated heterocycles. The van der Waals surface area contributed by atoms with Gasteiger partial charge in [0.25, 0.3) is 0 Å². The summed E-state index contributed by atoms with van der Waals surface area (Å²) in [6.07, 6.45) is -0.235. The maximum absolute atomic E-state index is 13.9. The highest BCUT2D eigenvalue weighted by Gasteiger charge is 2.66. The molecule has 11 nitrogen and oxygen atoms in total. The van der Waals surface area contributed by atoms with Gasteiger partial charge in [0.15, 0.2) is 34.7 Å². The van der Waals surface area contributed by atoms with Crippen LogP contribution in [0.1, 0.15) is 39.1 Å². The van der Waals surface area contributed by atoms with Gasteiger partial charge in [-0.15, -0.1) is 0 Å². The van der Waals surface area contributed by atoms with Crippen LogP contribution in [0.4, 0.5) is 5.69 Å². The van der Waals surface area contributed by atoms with Crippen LogP contribution < -0.4 is 10.6 Å². The van der Waals surface area contributed by atoms with Crippen molar-refractivity contribution in [3.63, 3.8) is 0 Å². The number of phenols is 1. The number of fused-ring (bicyclic) bond motifs is 3. The molecule has 2 aromatic rings. The van der Waals surface area contributed by atoms with Gasteiger partial charge < -0.3 is 26.0 Å².